The van der Waals surface area contributed by atoms with Crippen LogP contribution in [0.1, 0.15) is 21.1 Å². The van der Waals surface area contributed by atoms with E-state index in [9.17, 15) is 9.90 Å². The Morgan fingerprint density at radius 1 is 1.36 bits per heavy atom. The van der Waals surface area contributed by atoms with E-state index in [-0.39, 0.29) is 18.1 Å². The summed E-state index contributed by atoms with van der Waals surface area (Å²) in [4.78, 5) is 25.1. The van der Waals surface area contributed by atoms with Crippen LogP contribution in [0, 0.1) is 13.8 Å². The van der Waals surface area contributed by atoms with Crippen LogP contribution in [0.15, 0.2) is 18.3 Å². The number of rotatable bonds is 6. The molecule has 0 amide bonds. The van der Waals surface area contributed by atoms with Gasteiger partial charge in [0.2, 0.25) is 5.88 Å². The molecule has 0 saturated heterocycles. The third kappa shape index (κ3) is 3.37. The van der Waals surface area contributed by atoms with E-state index in [2.05, 4.69) is 20.3 Å². The van der Waals surface area contributed by atoms with Crippen LogP contribution in [-0.2, 0) is 0 Å². The van der Waals surface area contributed by atoms with Crippen molar-refractivity contribution in [2.45, 2.75) is 13.8 Å². The smallest absolute Gasteiger partial charge is 0.346 e. The second-order valence-electron chi connectivity index (χ2n) is 5.21. The van der Waals surface area contributed by atoms with E-state index >= 15 is 0 Å². The number of ether oxygens (including phenoxy) is 1. The Kier molecular flexibility index (Phi) is 4.77. The summed E-state index contributed by atoms with van der Waals surface area (Å²) in [6.45, 7) is 3.47. The van der Waals surface area contributed by atoms with Crippen molar-refractivity contribution in [1.29, 1.82) is 0 Å². The second kappa shape index (κ2) is 6.99. The number of aryl methyl sites for hydroxylation is 2. The maximum absolute atomic E-state index is 11.4. The van der Waals surface area contributed by atoms with E-state index in [1.165, 1.54) is 0 Å². The number of pyridine rings is 1. The number of nitrogens with zero attached hydrogens (tertiary/aromatic N) is 3. The number of hydrogen-bond donors (Lipinski definition) is 3. The Hall–Kier alpha value is -2.78. The van der Waals surface area contributed by atoms with Crippen LogP contribution in [0.25, 0.3) is 10.2 Å². The summed E-state index contributed by atoms with van der Waals surface area (Å²) in [6.07, 6.45) is 1.58. The van der Waals surface area contributed by atoms with Crippen molar-refractivity contribution in [1.82, 2.24) is 15.0 Å². The van der Waals surface area contributed by atoms with Gasteiger partial charge in [0, 0.05) is 6.20 Å². The summed E-state index contributed by atoms with van der Waals surface area (Å²) in [5, 5.41) is 22.1. The van der Waals surface area contributed by atoms with Crippen molar-refractivity contribution in [3.63, 3.8) is 0 Å². The van der Waals surface area contributed by atoms with E-state index in [4.69, 9.17) is 9.84 Å². The Labute approximate surface area is 147 Å². The molecule has 0 aromatic carbocycles. The highest BCUT2D eigenvalue weighted by Gasteiger charge is 2.20. The van der Waals surface area contributed by atoms with Gasteiger partial charge >= 0.3 is 5.97 Å². The molecule has 0 aliphatic rings. The fourth-order valence-corrected chi connectivity index (χ4v) is 3.48. The van der Waals surface area contributed by atoms with Crippen molar-refractivity contribution >= 4 is 39.0 Å². The largest absolute Gasteiger partial charge is 0.477 e. The molecule has 3 aromatic rings. The zero-order chi connectivity index (χ0) is 18.0. The lowest BCUT2D eigenvalue weighted by Gasteiger charge is -2.12. The first-order chi connectivity index (χ1) is 12.0. The van der Waals surface area contributed by atoms with Crippen molar-refractivity contribution in [2.24, 2.45) is 0 Å². The second-order valence-corrected chi connectivity index (χ2v) is 6.21. The highest BCUT2D eigenvalue weighted by Crippen LogP contribution is 2.36. The third-order valence-electron chi connectivity index (χ3n) is 3.45. The van der Waals surface area contributed by atoms with Gasteiger partial charge in [-0.1, -0.05) is 0 Å². The van der Waals surface area contributed by atoms with Crippen molar-refractivity contribution < 1.29 is 19.7 Å². The number of aromatic carboxylic acids is 1. The SMILES string of the molecule is Cc1nc(Nc2cccnc2OCCO)c2c(C)c(C(=O)O)sc2n1. The number of carboxylic acid groups (broad SMARTS) is 1. The first-order valence-corrected chi connectivity index (χ1v) is 8.29. The van der Waals surface area contributed by atoms with Gasteiger partial charge in [0.05, 0.1) is 12.0 Å². The summed E-state index contributed by atoms with van der Waals surface area (Å²) in [5.74, 6) is 0.352. The monoisotopic (exact) mass is 360 g/mol. The van der Waals surface area contributed by atoms with Gasteiger partial charge in [-0.05, 0) is 31.5 Å². The minimum absolute atomic E-state index is 0.116. The molecule has 0 radical (unpaired) electrons. The quantitative estimate of drug-likeness (QED) is 0.614. The van der Waals surface area contributed by atoms with Crippen LogP contribution in [-0.4, -0.2) is 44.3 Å². The number of fused-ring (bicyclic) bond motifs is 1. The Balaban J connectivity index is 2.09. The number of carboxylic acids is 1. The lowest BCUT2D eigenvalue weighted by molar-refractivity contribution is 0.0701. The molecule has 0 aliphatic heterocycles. The van der Waals surface area contributed by atoms with Crippen LogP contribution in [0.3, 0.4) is 0 Å². The molecule has 25 heavy (non-hydrogen) atoms. The van der Waals surface area contributed by atoms with Gasteiger partial charge < -0.3 is 20.3 Å². The highest BCUT2D eigenvalue weighted by atomic mass is 32.1. The molecule has 3 N–H and O–H groups in total. The average Bonchev–Trinajstić information content (AvgIpc) is 2.91. The molecule has 0 spiro atoms. The maximum Gasteiger partial charge on any atom is 0.346 e. The molecule has 9 heteroatoms. The molecule has 0 saturated carbocycles. The summed E-state index contributed by atoms with van der Waals surface area (Å²) >= 11 is 1.12. The van der Waals surface area contributed by atoms with Crippen LogP contribution >= 0.6 is 11.3 Å². The van der Waals surface area contributed by atoms with Crippen molar-refractivity contribution in [2.75, 3.05) is 18.5 Å². The molecule has 0 atom stereocenters. The van der Waals surface area contributed by atoms with Gasteiger partial charge in [0.25, 0.3) is 0 Å². The topological polar surface area (TPSA) is 117 Å². The number of aliphatic hydroxyl groups excluding tert-OH is 1. The zero-order valence-electron chi connectivity index (χ0n) is 13.6. The van der Waals surface area contributed by atoms with Gasteiger partial charge in [-0.25, -0.2) is 19.7 Å². The molecule has 0 bridgehead atoms. The zero-order valence-corrected chi connectivity index (χ0v) is 14.4. The molecular formula is C16H16N4O4S. The Morgan fingerprint density at radius 3 is 2.88 bits per heavy atom. The summed E-state index contributed by atoms with van der Waals surface area (Å²) < 4.78 is 5.42. The minimum Gasteiger partial charge on any atom is -0.477 e. The van der Waals surface area contributed by atoms with Crippen LogP contribution in [0.4, 0.5) is 11.5 Å². The van der Waals surface area contributed by atoms with E-state index in [0.717, 1.165) is 11.3 Å². The maximum atomic E-state index is 11.4. The molecule has 0 unspecified atom stereocenters. The van der Waals surface area contributed by atoms with Crippen molar-refractivity contribution in [3.05, 3.63) is 34.6 Å². The first-order valence-electron chi connectivity index (χ1n) is 7.48. The molecule has 130 valence electrons. The summed E-state index contributed by atoms with van der Waals surface area (Å²) in [7, 11) is 0. The molecule has 3 heterocycles. The average molecular weight is 360 g/mol. The van der Waals surface area contributed by atoms with E-state index < -0.39 is 5.97 Å². The van der Waals surface area contributed by atoms with E-state index in [0.29, 0.717) is 39.0 Å². The molecule has 0 fully saturated rings. The van der Waals surface area contributed by atoms with Gasteiger partial charge in [0.1, 0.15) is 33.6 Å². The lowest BCUT2D eigenvalue weighted by Crippen LogP contribution is -2.06. The molecular weight excluding hydrogens is 344 g/mol. The predicted molar refractivity (Wildman–Crippen MR) is 93.9 cm³/mol. The first kappa shape index (κ1) is 17.1. The van der Waals surface area contributed by atoms with Crippen LogP contribution < -0.4 is 10.1 Å². The van der Waals surface area contributed by atoms with Crippen molar-refractivity contribution in [3.8, 4) is 5.88 Å². The fraction of sp³-hybridized carbons (Fsp3) is 0.250. The molecule has 0 aliphatic carbocycles. The number of nitrogens with one attached hydrogen (secondary N) is 1. The number of carbonyl (C=O) groups is 1. The molecule has 3 rings (SSSR count). The predicted octanol–water partition coefficient (Wildman–Crippen LogP) is 2.52. The number of anilines is 2. The highest BCUT2D eigenvalue weighted by molar-refractivity contribution is 7.20. The Morgan fingerprint density at radius 2 is 2.16 bits per heavy atom. The van der Waals surface area contributed by atoms with Crippen LogP contribution in [0.5, 0.6) is 5.88 Å². The lowest BCUT2D eigenvalue weighted by atomic mass is 10.2. The Bertz CT molecular complexity index is 941. The summed E-state index contributed by atoms with van der Waals surface area (Å²) in [5.41, 5.74) is 1.18. The fourth-order valence-electron chi connectivity index (χ4n) is 2.41. The standard InChI is InChI=1S/C16H16N4O4S/c1-8-11-13(18-9(2)19-15(11)25-12(8)16(22)23)20-10-4-3-5-17-14(10)24-7-6-21/h3-5,21H,6-7H2,1-2H3,(H,22,23)(H,18,19,20). The molecule has 8 nitrogen and oxygen atoms in total. The van der Waals surface area contributed by atoms with Gasteiger partial charge in [-0.3, -0.25) is 0 Å². The van der Waals surface area contributed by atoms with Gasteiger partial charge in [-0.15, -0.1) is 11.3 Å². The normalized spacial score (nSPS) is 10.8. The van der Waals surface area contributed by atoms with Gasteiger partial charge in [0.15, 0.2) is 0 Å². The van der Waals surface area contributed by atoms with Gasteiger partial charge in [-0.2, -0.15) is 0 Å². The number of thiophene rings is 1. The third-order valence-corrected chi connectivity index (χ3v) is 4.62. The van der Waals surface area contributed by atoms with E-state index in [1.807, 2.05) is 0 Å². The van der Waals surface area contributed by atoms with E-state index in [1.54, 1.807) is 32.2 Å². The number of aromatic nitrogens is 3. The number of aliphatic hydroxyl groups is 1. The minimum atomic E-state index is -0.988. The number of hydrogen-bond acceptors (Lipinski definition) is 8. The molecule has 3 aromatic heterocycles. The van der Waals surface area contributed by atoms with Crippen LogP contribution in [0.2, 0.25) is 0 Å². The summed E-state index contributed by atoms with van der Waals surface area (Å²) in [6, 6.07) is 3.51.